The van der Waals surface area contributed by atoms with Gasteiger partial charge in [-0.15, -0.1) is 0 Å². The first-order chi connectivity index (χ1) is 6.33. The quantitative estimate of drug-likeness (QED) is 0.656. The third kappa shape index (κ3) is 1.37. The van der Waals surface area contributed by atoms with E-state index in [0.717, 1.165) is 18.4 Å². The molecule has 1 heterocycles. The number of rotatable bonds is 2. The minimum atomic E-state index is -0.202. The second-order valence-corrected chi connectivity index (χ2v) is 3.35. The summed E-state index contributed by atoms with van der Waals surface area (Å²) in [6.45, 7) is 2.13. The lowest BCUT2D eigenvalue weighted by Gasteiger charge is -2.06. The van der Waals surface area contributed by atoms with Crippen molar-refractivity contribution in [3.8, 4) is 0 Å². The van der Waals surface area contributed by atoms with Gasteiger partial charge in [-0.2, -0.15) is 0 Å². The van der Waals surface area contributed by atoms with Crippen molar-refractivity contribution in [1.29, 1.82) is 0 Å². The first-order valence-corrected chi connectivity index (χ1v) is 4.65. The highest BCUT2D eigenvalue weighted by molar-refractivity contribution is 5.80. The van der Waals surface area contributed by atoms with Gasteiger partial charge < -0.3 is 0 Å². The number of hydrogen-bond donors (Lipinski definition) is 0. The fourth-order valence-electron chi connectivity index (χ4n) is 1.75. The molecule has 0 aliphatic carbocycles. The van der Waals surface area contributed by atoms with Gasteiger partial charge in [-0.05, 0) is 18.1 Å². The van der Waals surface area contributed by atoms with Gasteiger partial charge in [-0.1, -0.05) is 25.5 Å². The molecular weight excluding hydrogens is 165 g/mol. The van der Waals surface area contributed by atoms with E-state index in [0.29, 0.717) is 11.6 Å². The topological polar surface area (TPSA) is 12.4 Å². The van der Waals surface area contributed by atoms with Crippen LogP contribution in [0.15, 0.2) is 23.2 Å². The highest BCUT2D eigenvalue weighted by atomic mass is 19.1. The molecule has 1 unspecified atom stereocenters. The molecule has 0 saturated heterocycles. The number of para-hydroxylation sites is 1. The van der Waals surface area contributed by atoms with E-state index >= 15 is 0 Å². The van der Waals surface area contributed by atoms with E-state index in [1.165, 1.54) is 6.07 Å². The lowest BCUT2D eigenvalue weighted by molar-refractivity contribution is 0.628. The fraction of sp³-hybridized carbons (Fsp3) is 0.364. The van der Waals surface area contributed by atoms with Crippen LogP contribution < -0.4 is 0 Å². The molecule has 0 bridgehead atoms. The molecular formula is C11H12FN. The average molecular weight is 177 g/mol. The highest BCUT2D eigenvalue weighted by Gasteiger charge is 2.19. The summed E-state index contributed by atoms with van der Waals surface area (Å²) < 4.78 is 13.2. The molecule has 1 aromatic carbocycles. The Kier molecular flexibility index (Phi) is 2.13. The molecule has 0 aromatic heterocycles. The van der Waals surface area contributed by atoms with Crippen molar-refractivity contribution in [2.45, 2.75) is 25.7 Å². The summed E-state index contributed by atoms with van der Waals surface area (Å²) in [7, 11) is 0. The maximum absolute atomic E-state index is 13.2. The van der Waals surface area contributed by atoms with E-state index in [2.05, 4.69) is 11.9 Å². The summed E-state index contributed by atoms with van der Waals surface area (Å²) in [6.07, 6.45) is 4.02. The van der Waals surface area contributed by atoms with Crippen LogP contribution in [0.5, 0.6) is 0 Å². The van der Waals surface area contributed by atoms with E-state index in [-0.39, 0.29) is 5.82 Å². The molecule has 1 aliphatic heterocycles. The second kappa shape index (κ2) is 3.29. The number of halogens is 1. The third-order valence-corrected chi connectivity index (χ3v) is 2.40. The molecule has 0 fully saturated rings. The van der Waals surface area contributed by atoms with Gasteiger partial charge in [0.25, 0.3) is 0 Å². The van der Waals surface area contributed by atoms with Crippen molar-refractivity contribution in [3.63, 3.8) is 0 Å². The van der Waals surface area contributed by atoms with Gasteiger partial charge in [-0.25, -0.2) is 4.39 Å². The maximum atomic E-state index is 13.2. The van der Waals surface area contributed by atoms with Crippen molar-refractivity contribution in [2.75, 3.05) is 0 Å². The monoisotopic (exact) mass is 177 g/mol. The van der Waals surface area contributed by atoms with Crippen molar-refractivity contribution < 1.29 is 4.39 Å². The lowest BCUT2D eigenvalue weighted by Crippen LogP contribution is -1.94. The average Bonchev–Trinajstić information content (AvgIpc) is 2.51. The van der Waals surface area contributed by atoms with Gasteiger partial charge in [0.15, 0.2) is 0 Å². The fourth-order valence-corrected chi connectivity index (χ4v) is 1.75. The van der Waals surface area contributed by atoms with Crippen molar-refractivity contribution in [1.82, 2.24) is 0 Å². The molecule has 1 nitrogen and oxygen atoms in total. The van der Waals surface area contributed by atoms with Crippen molar-refractivity contribution in [3.05, 3.63) is 29.6 Å². The predicted molar refractivity (Wildman–Crippen MR) is 52.2 cm³/mol. The summed E-state index contributed by atoms with van der Waals surface area (Å²) in [5.41, 5.74) is 1.59. The third-order valence-electron chi connectivity index (χ3n) is 2.40. The number of hydrogen-bond acceptors (Lipinski definition) is 1. The van der Waals surface area contributed by atoms with Gasteiger partial charge in [0, 0.05) is 12.1 Å². The van der Waals surface area contributed by atoms with Crippen LogP contribution in [-0.4, -0.2) is 6.21 Å². The molecule has 13 heavy (non-hydrogen) atoms. The molecule has 68 valence electrons. The van der Waals surface area contributed by atoms with Gasteiger partial charge in [0.05, 0.1) is 0 Å². The van der Waals surface area contributed by atoms with Gasteiger partial charge in [-0.3, -0.25) is 4.99 Å². The van der Waals surface area contributed by atoms with E-state index in [4.69, 9.17) is 0 Å². The smallest absolute Gasteiger partial charge is 0.149 e. The summed E-state index contributed by atoms with van der Waals surface area (Å²) in [5, 5.41) is 0. The molecule has 0 N–H and O–H groups in total. The SMILES string of the molecule is CCCC1C=Nc2c(F)cccc21. The number of benzene rings is 1. The Morgan fingerprint density at radius 1 is 1.46 bits per heavy atom. The molecule has 1 aromatic rings. The summed E-state index contributed by atoms with van der Waals surface area (Å²) in [5.74, 6) is 0.128. The molecule has 0 saturated carbocycles. The maximum Gasteiger partial charge on any atom is 0.149 e. The zero-order valence-electron chi connectivity index (χ0n) is 7.63. The van der Waals surface area contributed by atoms with Crippen LogP contribution in [0.4, 0.5) is 10.1 Å². The highest BCUT2D eigenvalue weighted by Crippen LogP contribution is 2.36. The zero-order valence-corrected chi connectivity index (χ0v) is 7.63. The molecule has 0 spiro atoms. The van der Waals surface area contributed by atoms with E-state index in [9.17, 15) is 4.39 Å². The van der Waals surface area contributed by atoms with Gasteiger partial charge >= 0.3 is 0 Å². The zero-order chi connectivity index (χ0) is 9.26. The van der Waals surface area contributed by atoms with Gasteiger partial charge in [0.2, 0.25) is 0 Å². The first kappa shape index (κ1) is 8.42. The molecule has 1 atom stereocenters. The van der Waals surface area contributed by atoms with Gasteiger partial charge in [0.1, 0.15) is 11.5 Å². The largest absolute Gasteiger partial charge is 0.257 e. The van der Waals surface area contributed by atoms with E-state index in [1.807, 2.05) is 12.3 Å². The van der Waals surface area contributed by atoms with Crippen molar-refractivity contribution >= 4 is 11.9 Å². The van der Waals surface area contributed by atoms with Crippen LogP contribution in [0.2, 0.25) is 0 Å². The Balaban J connectivity index is 2.37. The van der Waals surface area contributed by atoms with Crippen LogP contribution in [0.3, 0.4) is 0 Å². The Morgan fingerprint density at radius 2 is 2.31 bits per heavy atom. The number of nitrogens with zero attached hydrogens (tertiary/aromatic N) is 1. The van der Waals surface area contributed by atoms with Crippen LogP contribution >= 0.6 is 0 Å². The second-order valence-electron chi connectivity index (χ2n) is 3.35. The molecule has 0 amide bonds. The predicted octanol–water partition coefficient (Wildman–Crippen LogP) is 3.43. The Hall–Kier alpha value is -1.18. The van der Waals surface area contributed by atoms with Crippen molar-refractivity contribution in [2.24, 2.45) is 4.99 Å². The summed E-state index contributed by atoms with van der Waals surface area (Å²) in [4.78, 5) is 4.10. The number of fused-ring (bicyclic) bond motifs is 1. The Labute approximate surface area is 77.3 Å². The minimum absolute atomic E-state index is 0.202. The van der Waals surface area contributed by atoms with Crippen LogP contribution in [0, 0.1) is 5.82 Å². The van der Waals surface area contributed by atoms with Crippen LogP contribution in [0.1, 0.15) is 31.2 Å². The van der Waals surface area contributed by atoms with E-state index in [1.54, 1.807) is 6.07 Å². The van der Waals surface area contributed by atoms with Crippen LogP contribution in [-0.2, 0) is 0 Å². The molecule has 2 rings (SSSR count). The molecule has 1 aliphatic rings. The summed E-state index contributed by atoms with van der Waals surface area (Å²) in [6, 6.07) is 5.18. The Morgan fingerprint density at radius 3 is 3.08 bits per heavy atom. The number of aliphatic imine (C=N–C) groups is 1. The first-order valence-electron chi connectivity index (χ1n) is 4.65. The van der Waals surface area contributed by atoms with Crippen LogP contribution in [0.25, 0.3) is 0 Å². The standard InChI is InChI=1S/C11H12FN/c1-2-4-8-7-13-11-9(8)5-3-6-10(11)12/h3,5-8H,2,4H2,1H3. The normalized spacial score (nSPS) is 19.1. The molecule has 2 heteroatoms. The molecule has 0 radical (unpaired) electrons. The van der Waals surface area contributed by atoms with E-state index < -0.39 is 0 Å². The Bertz CT molecular complexity index is 344. The minimum Gasteiger partial charge on any atom is -0.257 e. The summed E-state index contributed by atoms with van der Waals surface area (Å²) >= 11 is 0. The lowest BCUT2D eigenvalue weighted by atomic mass is 9.97.